The summed E-state index contributed by atoms with van der Waals surface area (Å²) in [5.74, 6) is -0.507. The van der Waals surface area contributed by atoms with Crippen molar-refractivity contribution in [1.29, 1.82) is 0 Å². The highest BCUT2D eigenvalue weighted by Gasteiger charge is 2.08. The third-order valence-corrected chi connectivity index (χ3v) is 4.78. The Morgan fingerprint density at radius 3 is 2.40 bits per heavy atom. The summed E-state index contributed by atoms with van der Waals surface area (Å²) in [6.45, 7) is 6.27. The first-order valence-corrected chi connectivity index (χ1v) is 9.10. The number of aryl methyl sites for hydroxylation is 3. The van der Waals surface area contributed by atoms with Crippen molar-refractivity contribution >= 4 is 23.6 Å². The second-order valence-electron chi connectivity index (χ2n) is 5.96. The van der Waals surface area contributed by atoms with Crippen LogP contribution in [0.5, 0.6) is 0 Å². The average Bonchev–Trinajstić information content (AvgIpc) is 2.60. The summed E-state index contributed by atoms with van der Waals surface area (Å²) in [4.78, 5) is 24.5. The van der Waals surface area contributed by atoms with Crippen molar-refractivity contribution in [2.45, 2.75) is 32.2 Å². The van der Waals surface area contributed by atoms with Crippen molar-refractivity contribution in [3.8, 4) is 0 Å². The van der Waals surface area contributed by atoms with Gasteiger partial charge in [0, 0.05) is 11.4 Å². The first-order valence-electron chi connectivity index (χ1n) is 8.12. The molecule has 0 aliphatic rings. The van der Waals surface area contributed by atoms with E-state index in [0.717, 1.165) is 10.5 Å². The van der Waals surface area contributed by atoms with Crippen molar-refractivity contribution in [3.05, 3.63) is 64.7 Å². The Kier molecular flexibility index (Phi) is 7.07. The molecule has 1 amide bonds. The Morgan fingerprint density at radius 2 is 1.72 bits per heavy atom. The summed E-state index contributed by atoms with van der Waals surface area (Å²) >= 11 is 1.41. The lowest BCUT2D eigenvalue weighted by Crippen LogP contribution is -2.28. The van der Waals surface area contributed by atoms with Crippen LogP contribution in [0, 0.1) is 20.8 Å². The molecule has 0 heterocycles. The van der Waals surface area contributed by atoms with Crippen molar-refractivity contribution in [1.82, 2.24) is 5.32 Å². The standard InChI is InChI=1S/C20H23NO3S/c1-14-4-7-17(8-5-14)11-21-19(22)12-24-20(23)13-25-18-9-6-15(2)16(3)10-18/h4-10H,11-13H2,1-3H3,(H,21,22). The minimum absolute atomic E-state index is 0.188. The molecule has 0 spiro atoms. The van der Waals surface area contributed by atoms with E-state index in [-0.39, 0.29) is 18.3 Å². The number of benzene rings is 2. The summed E-state index contributed by atoms with van der Waals surface area (Å²) in [6.07, 6.45) is 0. The lowest BCUT2D eigenvalue weighted by molar-refractivity contribution is -0.145. The monoisotopic (exact) mass is 357 g/mol. The maximum Gasteiger partial charge on any atom is 0.316 e. The Labute approximate surface area is 153 Å². The molecule has 2 aromatic carbocycles. The summed E-state index contributed by atoms with van der Waals surface area (Å²) < 4.78 is 5.02. The first kappa shape index (κ1) is 19.1. The smallest absolute Gasteiger partial charge is 0.316 e. The van der Waals surface area contributed by atoms with Gasteiger partial charge in [-0.1, -0.05) is 35.9 Å². The molecule has 1 N–H and O–H groups in total. The molecule has 0 saturated heterocycles. The number of thioether (sulfide) groups is 1. The van der Waals surface area contributed by atoms with E-state index in [2.05, 4.69) is 5.32 Å². The largest absolute Gasteiger partial charge is 0.455 e. The molecule has 0 bridgehead atoms. The second-order valence-corrected chi connectivity index (χ2v) is 7.01. The second kappa shape index (κ2) is 9.28. The van der Waals surface area contributed by atoms with Crippen LogP contribution in [0.25, 0.3) is 0 Å². The summed E-state index contributed by atoms with van der Waals surface area (Å²) in [7, 11) is 0. The molecule has 0 unspecified atom stereocenters. The van der Waals surface area contributed by atoms with Gasteiger partial charge in [0.25, 0.3) is 5.91 Å². The van der Waals surface area contributed by atoms with Crippen LogP contribution in [0.1, 0.15) is 22.3 Å². The van der Waals surface area contributed by atoms with E-state index in [0.29, 0.717) is 6.54 Å². The highest BCUT2D eigenvalue weighted by Crippen LogP contribution is 2.21. The topological polar surface area (TPSA) is 55.4 Å². The van der Waals surface area contributed by atoms with Crippen LogP contribution in [0.2, 0.25) is 0 Å². The maximum absolute atomic E-state index is 11.8. The quantitative estimate of drug-likeness (QED) is 0.608. The normalized spacial score (nSPS) is 10.4. The zero-order chi connectivity index (χ0) is 18.2. The van der Waals surface area contributed by atoms with Crippen LogP contribution in [0.15, 0.2) is 47.4 Å². The first-order chi connectivity index (χ1) is 11.9. The van der Waals surface area contributed by atoms with Gasteiger partial charge in [-0.15, -0.1) is 11.8 Å². The molecule has 2 rings (SSSR count). The van der Waals surface area contributed by atoms with Crippen molar-refractivity contribution in [3.63, 3.8) is 0 Å². The fourth-order valence-electron chi connectivity index (χ4n) is 2.09. The van der Waals surface area contributed by atoms with E-state index in [4.69, 9.17) is 4.74 Å². The molecule has 0 fully saturated rings. The van der Waals surface area contributed by atoms with Gasteiger partial charge in [-0.3, -0.25) is 9.59 Å². The molecule has 2 aromatic rings. The number of ether oxygens (including phenoxy) is 1. The molecule has 0 aliphatic carbocycles. The predicted octanol–water partition coefficient (Wildman–Crippen LogP) is 3.56. The van der Waals surface area contributed by atoms with Gasteiger partial charge in [-0.05, 0) is 49.6 Å². The molecule has 0 atom stereocenters. The van der Waals surface area contributed by atoms with Crippen LogP contribution >= 0.6 is 11.8 Å². The summed E-state index contributed by atoms with van der Waals surface area (Å²) in [5.41, 5.74) is 4.59. The van der Waals surface area contributed by atoms with Crippen LogP contribution in [-0.2, 0) is 20.9 Å². The highest BCUT2D eigenvalue weighted by molar-refractivity contribution is 8.00. The number of carbonyl (C=O) groups is 2. The van der Waals surface area contributed by atoms with Gasteiger partial charge in [0.15, 0.2) is 6.61 Å². The van der Waals surface area contributed by atoms with Crippen molar-refractivity contribution < 1.29 is 14.3 Å². The van der Waals surface area contributed by atoms with Gasteiger partial charge in [-0.2, -0.15) is 0 Å². The van der Waals surface area contributed by atoms with E-state index in [1.54, 1.807) is 0 Å². The van der Waals surface area contributed by atoms with Gasteiger partial charge in [-0.25, -0.2) is 0 Å². The van der Waals surface area contributed by atoms with Gasteiger partial charge < -0.3 is 10.1 Å². The summed E-state index contributed by atoms with van der Waals surface area (Å²) in [6, 6.07) is 14.0. The minimum atomic E-state index is -0.395. The fraction of sp³-hybridized carbons (Fsp3) is 0.300. The number of esters is 1. The van der Waals surface area contributed by atoms with Gasteiger partial charge in [0.2, 0.25) is 0 Å². The van der Waals surface area contributed by atoms with E-state index in [1.165, 1.54) is 28.5 Å². The van der Waals surface area contributed by atoms with Gasteiger partial charge in [0.05, 0.1) is 5.75 Å². The zero-order valence-electron chi connectivity index (χ0n) is 14.8. The van der Waals surface area contributed by atoms with E-state index < -0.39 is 5.97 Å². The molecular weight excluding hydrogens is 334 g/mol. The molecule has 0 radical (unpaired) electrons. The molecule has 4 nitrogen and oxygen atoms in total. The lowest BCUT2D eigenvalue weighted by Gasteiger charge is -2.08. The van der Waals surface area contributed by atoms with E-state index in [1.807, 2.05) is 63.2 Å². The van der Waals surface area contributed by atoms with E-state index in [9.17, 15) is 9.59 Å². The number of hydrogen-bond acceptors (Lipinski definition) is 4. The zero-order valence-corrected chi connectivity index (χ0v) is 15.6. The number of nitrogens with one attached hydrogen (secondary N) is 1. The predicted molar refractivity (Wildman–Crippen MR) is 101 cm³/mol. The molecular formula is C20H23NO3S. The molecule has 5 heteroatoms. The third kappa shape index (κ3) is 6.63. The molecule has 0 aromatic heterocycles. The molecule has 0 saturated carbocycles. The highest BCUT2D eigenvalue weighted by atomic mass is 32.2. The Balaban J connectivity index is 1.67. The number of amides is 1. The Hall–Kier alpha value is -2.27. The van der Waals surface area contributed by atoms with Crippen molar-refractivity contribution in [2.24, 2.45) is 0 Å². The van der Waals surface area contributed by atoms with Gasteiger partial charge in [0.1, 0.15) is 0 Å². The Bertz CT molecular complexity index is 741. The summed E-state index contributed by atoms with van der Waals surface area (Å²) in [5, 5.41) is 2.74. The number of rotatable bonds is 7. The van der Waals surface area contributed by atoms with Crippen LogP contribution in [-0.4, -0.2) is 24.2 Å². The number of carbonyl (C=O) groups excluding carboxylic acids is 2. The van der Waals surface area contributed by atoms with Crippen LogP contribution in [0.4, 0.5) is 0 Å². The SMILES string of the molecule is Cc1ccc(CNC(=O)COC(=O)CSc2ccc(C)c(C)c2)cc1. The lowest BCUT2D eigenvalue weighted by atomic mass is 10.1. The number of hydrogen-bond donors (Lipinski definition) is 1. The molecule has 25 heavy (non-hydrogen) atoms. The minimum Gasteiger partial charge on any atom is -0.455 e. The van der Waals surface area contributed by atoms with Crippen molar-refractivity contribution in [2.75, 3.05) is 12.4 Å². The molecule has 0 aliphatic heterocycles. The van der Waals surface area contributed by atoms with Crippen LogP contribution in [0.3, 0.4) is 0 Å². The van der Waals surface area contributed by atoms with E-state index >= 15 is 0 Å². The Morgan fingerprint density at radius 1 is 1.00 bits per heavy atom. The third-order valence-electron chi connectivity index (χ3n) is 3.81. The molecule has 132 valence electrons. The van der Waals surface area contributed by atoms with Crippen LogP contribution < -0.4 is 5.32 Å². The average molecular weight is 357 g/mol. The maximum atomic E-state index is 11.8. The van der Waals surface area contributed by atoms with Gasteiger partial charge >= 0.3 is 5.97 Å². The fourth-order valence-corrected chi connectivity index (χ4v) is 2.88.